The third-order valence-corrected chi connectivity index (χ3v) is 4.92. The zero-order valence-electron chi connectivity index (χ0n) is 12.7. The summed E-state index contributed by atoms with van der Waals surface area (Å²) in [6, 6.07) is 15.2. The monoisotopic (exact) mass is 279 g/mol. The molecule has 0 unspecified atom stereocenters. The van der Waals surface area contributed by atoms with Crippen LogP contribution in [0.5, 0.6) is 11.5 Å². The van der Waals surface area contributed by atoms with Crippen LogP contribution in [0.4, 0.5) is 0 Å². The molecule has 2 heteroatoms. The molecule has 21 heavy (non-hydrogen) atoms. The summed E-state index contributed by atoms with van der Waals surface area (Å²) in [7, 11) is 2.23. The molecule has 4 rings (SSSR count). The number of benzene rings is 2. The summed E-state index contributed by atoms with van der Waals surface area (Å²) >= 11 is 0. The fourth-order valence-electron chi connectivity index (χ4n) is 3.85. The number of likely N-dealkylation sites (tertiary alicyclic amines) is 1. The van der Waals surface area contributed by atoms with Gasteiger partial charge in [0.15, 0.2) is 0 Å². The van der Waals surface area contributed by atoms with Crippen molar-refractivity contribution in [3.8, 4) is 11.5 Å². The van der Waals surface area contributed by atoms with Crippen LogP contribution in [-0.4, -0.2) is 25.0 Å². The van der Waals surface area contributed by atoms with Crippen LogP contribution in [0.25, 0.3) is 0 Å². The topological polar surface area (TPSA) is 12.5 Å². The molecule has 2 heterocycles. The van der Waals surface area contributed by atoms with Gasteiger partial charge in [-0.1, -0.05) is 35.9 Å². The Morgan fingerprint density at radius 2 is 1.81 bits per heavy atom. The maximum Gasteiger partial charge on any atom is 0.131 e. The van der Waals surface area contributed by atoms with Crippen LogP contribution in [0, 0.1) is 6.92 Å². The van der Waals surface area contributed by atoms with E-state index in [0.29, 0.717) is 11.8 Å². The van der Waals surface area contributed by atoms with Crippen LogP contribution in [0.1, 0.15) is 34.9 Å². The van der Waals surface area contributed by atoms with E-state index in [1.54, 1.807) is 0 Å². The quantitative estimate of drug-likeness (QED) is 0.712. The standard InChI is InChI=1S/C19H21NO/c1-13-7-8-19-16(11-13)17-12-20(2)10-9-14(17)15-5-3-4-6-18(15)21-19/h3-8,11,14,17H,9-10,12H2,1-2H3/t14-,17-/m0/s1. The van der Waals surface area contributed by atoms with Crippen molar-refractivity contribution in [1.29, 1.82) is 0 Å². The summed E-state index contributed by atoms with van der Waals surface area (Å²) < 4.78 is 6.27. The SMILES string of the molecule is Cc1ccc2c(c1)[C@H]1CN(C)CC[C@H]1c1ccccc1O2. The average Bonchev–Trinajstić information content (AvgIpc) is 2.62. The predicted molar refractivity (Wildman–Crippen MR) is 85.3 cm³/mol. The van der Waals surface area contributed by atoms with Crippen LogP contribution in [0.15, 0.2) is 42.5 Å². The minimum Gasteiger partial charge on any atom is -0.457 e. The lowest BCUT2D eigenvalue weighted by Gasteiger charge is -2.36. The third kappa shape index (κ3) is 2.14. The molecule has 0 spiro atoms. The molecule has 0 aliphatic carbocycles. The van der Waals surface area contributed by atoms with Crippen molar-refractivity contribution < 1.29 is 4.74 Å². The number of para-hydroxylation sites is 1. The molecule has 0 saturated carbocycles. The normalized spacial score (nSPS) is 24.3. The number of hydrogen-bond donors (Lipinski definition) is 0. The second-order valence-corrected chi connectivity index (χ2v) is 6.45. The molecule has 2 aromatic carbocycles. The zero-order valence-corrected chi connectivity index (χ0v) is 12.7. The second kappa shape index (κ2) is 4.88. The van der Waals surface area contributed by atoms with Gasteiger partial charge in [-0.3, -0.25) is 0 Å². The first-order chi connectivity index (χ1) is 10.2. The van der Waals surface area contributed by atoms with Crippen LogP contribution in [0.2, 0.25) is 0 Å². The van der Waals surface area contributed by atoms with Crippen molar-refractivity contribution in [3.05, 3.63) is 59.2 Å². The van der Waals surface area contributed by atoms with E-state index in [-0.39, 0.29) is 0 Å². The van der Waals surface area contributed by atoms with Crippen molar-refractivity contribution in [2.45, 2.75) is 25.2 Å². The van der Waals surface area contributed by atoms with E-state index in [9.17, 15) is 0 Å². The fourth-order valence-corrected chi connectivity index (χ4v) is 3.85. The third-order valence-electron chi connectivity index (χ3n) is 4.92. The van der Waals surface area contributed by atoms with Crippen LogP contribution >= 0.6 is 0 Å². The number of ether oxygens (including phenoxy) is 1. The first-order valence-electron chi connectivity index (χ1n) is 7.78. The van der Waals surface area contributed by atoms with Crippen LogP contribution in [0.3, 0.4) is 0 Å². The van der Waals surface area contributed by atoms with E-state index in [0.717, 1.165) is 24.6 Å². The van der Waals surface area contributed by atoms with Gasteiger partial charge in [-0.05, 0) is 50.6 Å². The maximum absolute atomic E-state index is 6.27. The Morgan fingerprint density at radius 3 is 2.71 bits per heavy atom. The van der Waals surface area contributed by atoms with E-state index in [2.05, 4.69) is 61.3 Å². The van der Waals surface area contributed by atoms with Gasteiger partial charge in [-0.25, -0.2) is 0 Å². The van der Waals surface area contributed by atoms with Gasteiger partial charge in [0, 0.05) is 18.0 Å². The van der Waals surface area contributed by atoms with Gasteiger partial charge >= 0.3 is 0 Å². The molecule has 0 bridgehead atoms. The Morgan fingerprint density at radius 1 is 1.00 bits per heavy atom. The van der Waals surface area contributed by atoms with Gasteiger partial charge in [0.05, 0.1) is 0 Å². The molecule has 2 aliphatic rings. The smallest absolute Gasteiger partial charge is 0.131 e. The highest BCUT2D eigenvalue weighted by atomic mass is 16.5. The fraction of sp³-hybridized carbons (Fsp3) is 0.368. The largest absolute Gasteiger partial charge is 0.457 e. The molecule has 0 N–H and O–H groups in total. The van der Waals surface area contributed by atoms with E-state index in [1.165, 1.54) is 23.1 Å². The molecule has 2 aliphatic heterocycles. The lowest BCUT2D eigenvalue weighted by molar-refractivity contribution is 0.228. The van der Waals surface area contributed by atoms with Gasteiger partial charge in [-0.15, -0.1) is 0 Å². The van der Waals surface area contributed by atoms with Gasteiger partial charge in [0.1, 0.15) is 11.5 Å². The van der Waals surface area contributed by atoms with Gasteiger partial charge < -0.3 is 9.64 Å². The average molecular weight is 279 g/mol. The minimum absolute atomic E-state index is 0.530. The Balaban J connectivity index is 1.91. The molecule has 108 valence electrons. The Bertz CT molecular complexity index is 679. The highest BCUT2D eigenvalue weighted by Gasteiger charge is 2.35. The second-order valence-electron chi connectivity index (χ2n) is 6.45. The van der Waals surface area contributed by atoms with Crippen LogP contribution < -0.4 is 4.74 Å². The molecule has 1 saturated heterocycles. The van der Waals surface area contributed by atoms with Crippen molar-refractivity contribution in [2.24, 2.45) is 0 Å². The summed E-state index contributed by atoms with van der Waals surface area (Å²) in [6.07, 6.45) is 1.20. The van der Waals surface area contributed by atoms with Gasteiger partial charge in [0.25, 0.3) is 0 Å². The lowest BCUT2D eigenvalue weighted by atomic mass is 9.76. The molecule has 2 atom stereocenters. The zero-order chi connectivity index (χ0) is 14.4. The van der Waals surface area contributed by atoms with Crippen molar-refractivity contribution >= 4 is 0 Å². The first kappa shape index (κ1) is 12.9. The summed E-state index contributed by atoms with van der Waals surface area (Å²) in [5.41, 5.74) is 4.07. The van der Waals surface area contributed by atoms with Crippen LogP contribution in [-0.2, 0) is 0 Å². The number of piperidine rings is 1. The lowest BCUT2D eigenvalue weighted by Crippen LogP contribution is -2.35. The summed E-state index contributed by atoms with van der Waals surface area (Å²) in [5.74, 6) is 3.18. The highest BCUT2D eigenvalue weighted by molar-refractivity contribution is 5.50. The molecule has 2 aromatic rings. The van der Waals surface area contributed by atoms with E-state index >= 15 is 0 Å². The number of aryl methyl sites for hydroxylation is 1. The molecule has 0 amide bonds. The molecule has 1 fully saturated rings. The molecule has 0 aromatic heterocycles. The summed E-state index contributed by atoms with van der Waals surface area (Å²) in [6.45, 7) is 4.44. The Kier molecular flexibility index (Phi) is 3.00. The van der Waals surface area contributed by atoms with Crippen molar-refractivity contribution in [2.75, 3.05) is 20.1 Å². The minimum atomic E-state index is 0.530. The van der Waals surface area contributed by atoms with Gasteiger partial charge in [0.2, 0.25) is 0 Å². The molecular weight excluding hydrogens is 258 g/mol. The molecular formula is C19H21NO. The molecule has 2 nitrogen and oxygen atoms in total. The Hall–Kier alpha value is -1.80. The number of rotatable bonds is 0. The Labute approximate surface area is 126 Å². The first-order valence-corrected chi connectivity index (χ1v) is 7.78. The highest BCUT2D eigenvalue weighted by Crippen LogP contribution is 2.49. The van der Waals surface area contributed by atoms with E-state index in [4.69, 9.17) is 4.74 Å². The summed E-state index contributed by atoms with van der Waals surface area (Å²) in [4.78, 5) is 2.45. The number of likely N-dealkylation sites (N-methyl/N-ethyl adjacent to an activating group) is 1. The molecule has 0 radical (unpaired) electrons. The summed E-state index contributed by atoms with van der Waals surface area (Å²) in [5, 5.41) is 0. The van der Waals surface area contributed by atoms with E-state index in [1.807, 2.05) is 0 Å². The maximum atomic E-state index is 6.27. The predicted octanol–water partition coefficient (Wildman–Crippen LogP) is 4.30. The van der Waals surface area contributed by atoms with Crippen molar-refractivity contribution in [3.63, 3.8) is 0 Å². The number of fused-ring (bicyclic) bond motifs is 5. The number of hydrogen-bond acceptors (Lipinski definition) is 2. The van der Waals surface area contributed by atoms with E-state index < -0.39 is 0 Å². The number of nitrogens with zero attached hydrogens (tertiary/aromatic N) is 1. The van der Waals surface area contributed by atoms with Crippen molar-refractivity contribution in [1.82, 2.24) is 4.90 Å². The van der Waals surface area contributed by atoms with Gasteiger partial charge in [-0.2, -0.15) is 0 Å².